The predicted octanol–water partition coefficient (Wildman–Crippen LogP) is 5.01. The lowest BCUT2D eigenvalue weighted by molar-refractivity contribution is -0.117. The summed E-state index contributed by atoms with van der Waals surface area (Å²) < 4.78 is 16.3. The molecule has 10 nitrogen and oxygen atoms in total. The molecule has 0 atom stereocenters. The molecular formula is C31H34N4O6. The van der Waals surface area contributed by atoms with Gasteiger partial charge in [-0.3, -0.25) is 19.4 Å². The fourth-order valence-corrected chi connectivity index (χ4v) is 3.58. The van der Waals surface area contributed by atoms with Crippen LogP contribution < -0.4 is 30.2 Å². The monoisotopic (exact) mass is 558 g/mol. The Balaban J connectivity index is 1.66. The Morgan fingerprint density at radius 3 is 2.32 bits per heavy atom. The van der Waals surface area contributed by atoms with E-state index in [1.165, 1.54) is 19.5 Å². The molecule has 10 heteroatoms. The summed E-state index contributed by atoms with van der Waals surface area (Å²) in [6.07, 6.45) is 8.87. The van der Waals surface area contributed by atoms with Gasteiger partial charge in [0.2, 0.25) is 5.91 Å². The van der Waals surface area contributed by atoms with Gasteiger partial charge in [-0.2, -0.15) is 0 Å². The van der Waals surface area contributed by atoms with Gasteiger partial charge < -0.3 is 30.2 Å². The van der Waals surface area contributed by atoms with E-state index in [0.717, 1.165) is 0 Å². The van der Waals surface area contributed by atoms with E-state index in [1.54, 1.807) is 74.7 Å². The van der Waals surface area contributed by atoms with Crippen molar-refractivity contribution in [1.29, 1.82) is 0 Å². The number of hydrogen-bond acceptors (Lipinski definition) is 7. The number of pyridine rings is 1. The molecule has 3 rings (SSSR count). The number of ether oxygens (including phenoxy) is 3. The number of nitrogens with zero attached hydrogens (tertiary/aromatic N) is 1. The quantitative estimate of drug-likeness (QED) is 0.153. The van der Waals surface area contributed by atoms with Crippen LogP contribution in [0.4, 0.5) is 11.4 Å². The Kier molecular flexibility index (Phi) is 11.5. The van der Waals surface area contributed by atoms with Crippen LogP contribution in [0.3, 0.4) is 0 Å². The highest BCUT2D eigenvalue weighted by molar-refractivity contribution is 6.10. The fraction of sp³-hybridized carbons (Fsp3) is 0.226. The number of allylic oxidation sites excluding steroid dienone is 3. The van der Waals surface area contributed by atoms with E-state index in [9.17, 15) is 14.4 Å². The van der Waals surface area contributed by atoms with Gasteiger partial charge in [0.15, 0.2) is 0 Å². The molecule has 3 aromatic rings. The Hall–Kier alpha value is -5.12. The zero-order chi connectivity index (χ0) is 29.6. The van der Waals surface area contributed by atoms with Gasteiger partial charge in [0, 0.05) is 29.9 Å². The number of aromatic nitrogens is 1. The van der Waals surface area contributed by atoms with Crippen LogP contribution in [0.25, 0.3) is 0 Å². The fourth-order valence-electron chi connectivity index (χ4n) is 3.58. The van der Waals surface area contributed by atoms with Crippen molar-refractivity contribution in [2.75, 3.05) is 38.0 Å². The van der Waals surface area contributed by atoms with Crippen molar-refractivity contribution in [2.24, 2.45) is 0 Å². The molecule has 0 aliphatic carbocycles. The molecule has 1 aromatic heterocycles. The molecule has 2 aromatic carbocycles. The predicted molar refractivity (Wildman–Crippen MR) is 158 cm³/mol. The molecule has 0 spiro atoms. The van der Waals surface area contributed by atoms with Crippen LogP contribution in [-0.4, -0.2) is 50.1 Å². The van der Waals surface area contributed by atoms with E-state index in [1.807, 2.05) is 13.0 Å². The molecule has 0 aliphatic rings. The first-order chi connectivity index (χ1) is 19.9. The molecule has 3 amide bonds. The van der Waals surface area contributed by atoms with E-state index in [0.29, 0.717) is 52.7 Å². The van der Waals surface area contributed by atoms with Crippen LogP contribution in [0, 0.1) is 0 Å². The van der Waals surface area contributed by atoms with Crippen molar-refractivity contribution >= 4 is 29.1 Å². The maximum Gasteiger partial charge on any atom is 0.259 e. The number of hydrogen-bond donors (Lipinski definition) is 3. The normalized spacial score (nSPS) is 11.1. The van der Waals surface area contributed by atoms with Crippen molar-refractivity contribution in [3.05, 3.63) is 95.9 Å². The summed E-state index contributed by atoms with van der Waals surface area (Å²) in [5, 5.41) is 8.44. The van der Waals surface area contributed by atoms with Crippen LogP contribution in [0.2, 0.25) is 0 Å². The third kappa shape index (κ3) is 8.96. The molecule has 1 heterocycles. The van der Waals surface area contributed by atoms with Crippen molar-refractivity contribution < 1.29 is 28.6 Å². The zero-order valence-corrected chi connectivity index (χ0v) is 23.5. The second-order valence-electron chi connectivity index (χ2n) is 8.75. The molecule has 41 heavy (non-hydrogen) atoms. The lowest BCUT2D eigenvalue weighted by Gasteiger charge is -2.15. The summed E-state index contributed by atoms with van der Waals surface area (Å²) >= 11 is 0. The van der Waals surface area contributed by atoms with Gasteiger partial charge in [0.05, 0.1) is 44.0 Å². The SMILES string of the molecule is C/C=C\C=C(/C)C(=O)NCCCOc1cc(OC)ccc1C(=O)Nc1ccncc1NC(=O)c1ccc(OC)cc1. The van der Waals surface area contributed by atoms with Gasteiger partial charge >= 0.3 is 0 Å². The van der Waals surface area contributed by atoms with Gasteiger partial charge in [-0.05, 0) is 62.7 Å². The molecule has 0 saturated heterocycles. The summed E-state index contributed by atoms with van der Waals surface area (Å²) in [6, 6.07) is 13.1. The first-order valence-corrected chi connectivity index (χ1v) is 13.0. The first-order valence-electron chi connectivity index (χ1n) is 13.0. The van der Waals surface area contributed by atoms with E-state index in [4.69, 9.17) is 14.2 Å². The minimum atomic E-state index is -0.452. The molecular weight excluding hydrogens is 524 g/mol. The first kappa shape index (κ1) is 30.4. The van der Waals surface area contributed by atoms with Gasteiger partial charge in [0.1, 0.15) is 17.2 Å². The lowest BCUT2D eigenvalue weighted by Crippen LogP contribution is -2.26. The number of rotatable bonds is 13. The number of nitrogens with one attached hydrogen (secondary N) is 3. The highest BCUT2D eigenvalue weighted by Crippen LogP contribution is 2.28. The Morgan fingerprint density at radius 2 is 1.61 bits per heavy atom. The number of benzene rings is 2. The second kappa shape index (κ2) is 15.5. The number of anilines is 2. The molecule has 0 aliphatic heterocycles. The number of carbonyl (C=O) groups is 3. The van der Waals surface area contributed by atoms with Gasteiger partial charge in [-0.25, -0.2) is 0 Å². The molecule has 214 valence electrons. The van der Waals surface area contributed by atoms with Crippen LogP contribution in [0.5, 0.6) is 17.2 Å². The van der Waals surface area contributed by atoms with Crippen LogP contribution in [0.1, 0.15) is 41.0 Å². The van der Waals surface area contributed by atoms with Gasteiger partial charge in [-0.15, -0.1) is 0 Å². The topological polar surface area (TPSA) is 128 Å². The summed E-state index contributed by atoms with van der Waals surface area (Å²) in [7, 11) is 3.07. The minimum Gasteiger partial charge on any atom is -0.497 e. The number of amides is 3. The Morgan fingerprint density at radius 1 is 0.902 bits per heavy atom. The van der Waals surface area contributed by atoms with Crippen LogP contribution >= 0.6 is 0 Å². The average molecular weight is 559 g/mol. The van der Waals surface area contributed by atoms with E-state index in [-0.39, 0.29) is 24.0 Å². The summed E-state index contributed by atoms with van der Waals surface area (Å²) in [5.74, 6) is 0.486. The molecule has 0 fully saturated rings. The maximum atomic E-state index is 13.3. The Bertz CT molecular complexity index is 1420. The summed E-state index contributed by atoms with van der Waals surface area (Å²) in [5.41, 5.74) is 1.97. The third-order valence-electron chi connectivity index (χ3n) is 5.86. The van der Waals surface area contributed by atoms with Crippen LogP contribution in [-0.2, 0) is 4.79 Å². The molecule has 0 saturated carbocycles. The maximum absolute atomic E-state index is 13.3. The second-order valence-corrected chi connectivity index (χ2v) is 8.75. The average Bonchev–Trinajstić information content (AvgIpc) is 3.00. The molecule has 3 N–H and O–H groups in total. The highest BCUT2D eigenvalue weighted by Gasteiger charge is 2.17. The van der Waals surface area contributed by atoms with Gasteiger partial charge in [-0.1, -0.05) is 18.2 Å². The van der Waals surface area contributed by atoms with E-state index in [2.05, 4.69) is 20.9 Å². The van der Waals surface area contributed by atoms with E-state index >= 15 is 0 Å². The summed E-state index contributed by atoms with van der Waals surface area (Å²) in [4.78, 5) is 42.3. The van der Waals surface area contributed by atoms with E-state index < -0.39 is 5.91 Å². The summed E-state index contributed by atoms with van der Waals surface area (Å²) in [6.45, 7) is 4.28. The molecule has 0 radical (unpaired) electrons. The van der Waals surface area contributed by atoms with Gasteiger partial charge in [0.25, 0.3) is 11.8 Å². The molecule has 0 unspecified atom stereocenters. The van der Waals surface area contributed by atoms with Crippen molar-refractivity contribution in [3.8, 4) is 17.2 Å². The Labute approximate surface area is 239 Å². The highest BCUT2D eigenvalue weighted by atomic mass is 16.5. The van der Waals surface area contributed by atoms with Crippen molar-refractivity contribution in [3.63, 3.8) is 0 Å². The lowest BCUT2D eigenvalue weighted by atomic mass is 10.1. The smallest absolute Gasteiger partial charge is 0.259 e. The number of methoxy groups -OCH3 is 2. The minimum absolute atomic E-state index is 0.156. The third-order valence-corrected chi connectivity index (χ3v) is 5.86. The molecule has 0 bridgehead atoms. The number of carbonyl (C=O) groups excluding carboxylic acids is 3. The van der Waals surface area contributed by atoms with Crippen molar-refractivity contribution in [1.82, 2.24) is 10.3 Å². The zero-order valence-electron chi connectivity index (χ0n) is 23.5. The van der Waals surface area contributed by atoms with Crippen LogP contribution in [0.15, 0.2) is 84.7 Å². The van der Waals surface area contributed by atoms with Crippen molar-refractivity contribution in [2.45, 2.75) is 20.3 Å². The standard InChI is InChI=1S/C31H34N4O6/c1-5-6-8-21(2)29(36)33-16-7-18-41-28-19-24(40-4)13-14-25(28)31(38)34-26-15-17-32-20-27(26)35-30(37)22-9-11-23(39-3)12-10-22/h5-6,8-15,17,19-20H,7,16,18H2,1-4H3,(H,33,36)(H,35,37)(H,32,34,38)/b6-5-,21-8+. The largest absolute Gasteiger partial charge is 0.497 e.